The number of nitrogens with two attached hydrogens (primary N) is 1. The summed E-state index contributed by atoms with van der Waals surface area (Å²) in [6.07, 6.45) is 14.9. The van der Waals surface area contributed by atoms with Crippen molar-refractivity contribution in [1.29, 1.82) is 0 Å². The summed E-state index contributed by atoms with van der Waals surface area (Å²) in [7, 11) is 0. The van der Waals surface area contributed by atoms with Crippen molar-refractivity contribution in [1.82, 2.24) is 25.0 Å². The van der Waals surface area contributed by atoms with E-state index in [0.717, 1.165) is 6.54 Å². The summed E-state index contributed by atoms with van der Waals surface area (Å²) in [5.74, 6) is -0.885. The second-order valence-electron chi connectivity index (χ2n) is 8.61. The molecule has 4 rings (SSSR count). The Balaban J connectivity index is 0.000000383. The topological polar surface area (TPSA) is 120 Å². The molecule has 2 aliphatic rings. The number of H-pyrrole nitrogens is 1. The molecule has 1 atom stereocenters. The second-order valence-corrected chi connectivity index (χ2v) is 8.61. The molecule has 33 heavy (non-hydrogen) atoms. The Morgan fingerprint density at radius 3 is 2.67 bits per heavy atom. The highest BCUT2D eigenvalue weighted by molar-refractivity contribution is 6.40. The van der Waals surface area contributed by atoms with E-state index < -0.39 is 11.8 Å². The first kappa shape index (κ1) is 24.2. The van der Waals surface area contributed by atoms with E-state index in [-0.39, 0.29) is 11.6 Å². The molecule has 1 saturated heterocycles. The van der Waals surface area contributed by atoms with E-state index in [1.54, 1.807) is 11.0 Å². The number of anilines is 2. The molecule has 0 radical (unpaired) electrons. The zero-order valence-electron chi connectivity index (χ0n) is 19.5. The lowest BCUT2D eigenvalue weighted by molar-refractivity contribution is -0.145. The van der Waals surface area contributed by atoms with Gasteiger partial charge in [0.05, 0.1) is 29.0 Å². The predicted octanol–water partition coefficient (Wildman–Crippen LogP) is 2.87. The van der Waals surface area contributed by atoms with Crippen molar-refractivity contribution in [3.05, 3.63) is 49.4 Å². The minimum Gasteiger partial charge on any atom is -0.383 e. The Labute approximate surface area is 194 Å². The molecule has 2 aromatic heterocycles. The van der Waals surface area contributed by atoms with Crippen molar-refractivity contribution >= 4 is 34.2 Å². The van der Waals surface area contributed by atoms with Crippen molar-refractivity contribution in [3.8, 4) is 0 Å². The Morgan fingerprint density at radius 1 is 1.27 bits per heavy atom. The third-order valence-corrected chi connectivity index (χ3v) is 6.09. The van der Waals surface area contributed by atoms with E-state index in [9.17, 15) is 9.59 Å². The summed E-state index contributed by atoms with van der Waals surface area (Å²) < 4.78 is 0. The standard InChI is InChI=1S/C17H23N7O2.C7H10/c1-10-9-23(5-6-24(10)17(2)3-4-17)16(26)15(25)21-12-8-19-14(18)11-7-20-22-13(11)12;1-3-5-7-6-4-2/h7-8,10H,3-6,9H2,1-2H3,(H2,18,19)(H,20,22)(H,21,25);3-7H,1H2,2H3/b;6-4-,7-5-. The number of nitrogens with one attached hydrogen (secondary N) is 2. The number of nitrogens with zero attached hydrogens (tertiary/aromatic N) is 4. The number of aromatic nitrogens is 3. The van der Waals surface area contributed by atoms with Gasteiger partial charge in [-0.05, 0) is 33.6 Å². The van der Waals surface area contributed by atoms with Crippen LogP contribution in [-0.4, -0.2) is 68.0 Å². The molecular formula is C24H33N7O2. The van der Waals surface area contributed by atoms with E-state index in [0.29, 0.717) is 35.5 Å². The molecule has 1 aliphatic carbocycles. The molecule has 0 spiro atoms. The molecule has 1 saturated carbocycles. The van der Waals surface area contributed by atoms with Crippen LogP contribution >= 0.6 is 0 Å². The van der Waals surface area contributed by atoms with E-state index in [1.165, 1.54) is 25.2 Å². The third kappa shape index (κ3) is 5.67. The van der Waals surface area contributed by atoms with Gasteiger partial charge in [-0.15, -0.1) is 0 Å². The quantitative estimate of drug-likeness (QED) is 0.486. The first-order valence-corrected chi connectivity index (χ1v) is 11.2. The largest absolute Gasteiger partial charge is 0.383 e. The van der Waals surface area contributed by atoms with Gasteiger partial charge in [0, 0.05) is 31.2 Å². The molecule has 2 amide bonds. The molecule has 9 heteroatoms. The molecule has 0 aromatic carbocycles. The Kier molecular flexibility index (Phi) is 7.65. The van der Waals surface area contributed by atoms with Crippen LogP contribution < -0.4 is 11.1 Å². The normalized spacial score (nSPS) is 20.0. The molecule has 9 nitrogen and oxygen atoms in total. The zero-order chi connectivity index (χ0) is 24.0. The molecule has 176 valence electrons. The average molecular weight is 452 g/mol. The summed E-state index contributed by atoms with van der Waals surface area (Å²) in [4.78, 5) is 33.1. The number of fused-ring (bicyclic) bond motifs is 1. The van der Waals surface area contributed by atoms with Gasteiger partial charge in [-0.2, -0.15) is 5.10 Å². The summed E-state index contributed by atoms with van der Waals surface area (Å²) in [5, 5.41) is 9.93. The number of hydrogen-bond donors (Lipinski definition) is 3. The number of carbonyl (C=O) groups is 2. The van der Waals surface area contributed by atoms with Crippen molar-refractivity contribution in [2.75, 3.05) is 30.7 Å². The highest BCUT2D eigenvalue weighted by Gasteiger charge is 2.47. The maximum atomic E-state index is 12.6. The highest BCUT2D eigenvalue weighted by atomic mass is 16.2. The van der Waals surface area contributed by atoms with Gasteiger partial charge in [0.15, 0.2) is 0 Å². The average Bonchev–Trinajstić information content (AvgIpc) is 3.34. The van der Waals surface area contributed by atoms with Crippen LogP contribution in [0.1, 0.15) is 33.6 Å². The Bertz CT molecular complexity index is 1070. The van der Waals surface area contributed by atoms with Gasteiger partial charge in [-0.25, -0.2) is 4.98 Å². The lowest BCUT2D eigenvalue weighted by atomic mass is 10.1. The van der Waals surface area contributed by atoms with Crippen molar-refractivity contribution < 1.29 is 9.59 Å². The van der Waals surface area contributed by atoms with Crippen LogP contribution in [0.3, 0.4) is 0 Å². The second kappa shape index (κ2) is 10.4. The number of pyridine rings is 1. The monoisotopic (exact) mass is 451 g/mol. The minimum atomic E-state index is -0.675. The molecule has 0 bridgehead atoms. The van der Waals surface area contributed by atoms with Crippen LogP contribution in [0.15, 0.2) is 49.4 Å². The van der Waals surface area contributed by atoms with Gasteiger partial charge < -0.3 is 16.0 Å². The smallest absolute Gasteiger partial charge is 0.314 e. The first-order valence-electron chi connectivity index (χ1n) is 11.2. The maximum Gasteiger partial charge on any atom is 0.314 e. The third-order valence-electron chi connectivity index (χ3n) is 6.09. The summed E-state index contributed by atoms with van der Waals surface area (Å²) >= 11 is 0. The van der Waals surface area contributed by atoms with Gasteiger partial charge >= 0.3 is 11.8 Å². The van der Waals surface area contributed by atoms with E-state index in [1.807, 2.05) is 31.2 Å². The Hall–Kier alpha value is -3.46. The van der Waals surface area contributed by atoms with Crippen molar-refractivity contribution in [2.45, 2.75) is 45.2 Å². The summed E-state index contributed by atoms with van der Waals surface area (Å²) in [6, 6.07) is 0.241. The number of rotatable bonds is 4. The number of allylic oxidation sites excluding steroid dienone is 5. The van der Waals surface area contributed by atoms with Crippen molar-refractivity contribution in [2.24, 2.45) is 0 Å². The van der Waals surface area contributed by atoms with Crippen molar-refractivity contribution in [3.63, 3.8) is 0 Å². The fourth-order valence-electron chi connectivity index (χ4n) is 4.03. The minimum absolute atomic E-state index is 0.241. The number of carbonyl (C=O) groups excluding carboxylic acids is 2. The number of hydrogen-bond acceptors (Lipinski definition) is 6. The SMILES string of the molecule is C=C/C=C\C=C/C.CC1CN(C(=O)C(=O)Nc2cnc(N)c3cn[nH]c23)CCN1C1(C)CC1. The highest BCUT2D eigenvalue weighted by Crippen LogP contribution is 2.42. The Morgan fingerprint density at radius 2 is 2.03 bits per heavy atom. The predicted molar refractivity (Wildman–Crippen MR) is 131 cm³/mol. The molecule has 2 aromatic rings. The van der Waals surface area contributed by atoms with E-state index in [4.69, 9.17) is 5.73 Å². The lowest BCUT2D eigenvalue weighted by Crippen LogP contribution is -2.58. The summed E-state index contributed by atoms with van der Waals surface area (Å²) in [5.41, 5.74) is 7.00. The zero-order valence-corrected chi connectivity index (χ0v) is 19.5. The fraction of sp³-hybridized carbons (Fsp3) is 0.417. The molecular weight excluding hydrogens is 418 g/mol. The number of aromatic amines is 1. The fourth-order valence-corrected chi connectivity index (χ4v) is 4.03. The molecule has 1 unspecified atom stereocenters. The molecule has 4 N–H and O–H groups in total. The van der Waals surface area contributed by atoms with Gasteiger partial charge in [0.1, 0.15) is 5.82 Å². The van der Waals surface area contributed by atoms with E-state index in [2.05, 4.69) is 45.8 Å². The lowest BCUT2D eigenvalue weighted by Gasteiger charge is -2.43. The number of piperazine rings is 1. The summed E-state index contributed by atoms with van der Waals surface area (Å²) in [6.45, 7) is 11.8. The van der Waals surface area contributed by atoms with Gasteiger partial charge in [-0.1, -0.05) is 37.0 Å². The van der Waals surface area contributed by atoms with Crippen LogP contribution in [0.4, 0.5) is 11.5 Å². The van der Waals surface area contributed by atoms with Gasteiger partial charge in [0.25, 0.3) is 0 Å². The van der Waals surface area contributed by atoms with E-state index >= 15 is 0 Å². The molecule has 3 heterocycles. The number of amides is 2. The van der Waals surface area contributed by atoms with Gasteiger partial charge in [0.2, 0.25) is 0 Å². The van der Waals surface area contributed by atoms with Crippen LogP contribution in [0, 0.1) is 0 Å². The molecule has 1 aliphatic heterocycles. The number of nitrogen functional groups attached to an aromatic ring is 1. The van der Waals surface area contributed by atoms with Crippen LogP contribution in [-0.2, 0) is 9.59 Å². The van der Waals surface area contributed by atoms with Crippen LogP contribution in [0.2, 0.25) is 0 Å². The van der Waals surface area contributed by atoms with Crippen LogP contribution in [0.5, 0.6) is 0 Å². The maximum absolute atomic E-state index is 12.6. The molecule has 2 fully saturated rings. The van der Waals surface area contributed by atoms with Gasteiger partial charge in [-0.3, -0.25) is 19.6 Å². The first-order chi connectivity index (χ1) is 15.8. The van der Waals surface area contributed by atoms with Crippen LogP contribution in [0.25, 0.3) is 10.9 Å².